The van der Waals surface area contributed by atoms with Crippen LogP contribution in [0.1, 0.15) is 24.2 Å². The average molecular weight is 334 g/mol. The number of hydrogen-bond acceptors (Lipinski definition) is 3. The van der Waals surface area contributed by atoms with E-state index in [4.69, 9.17) is 33.0 Å². The van der Waals surface area contributed by atoms with Crippen LogP contribution in [0.3, 0.4) is 0 Å². The monoisotopic (exact) mass is 333 g/mol. The Morgan fingerprint density at radius 2 is 1.90 bits per heavy atom. The molecule has 0 radical (unpaired) electrons. The van der Waals surface area contributed by atoms with Gasteiger partial charge in [0, 0.05) is 24.8 Å². The number of rotatable bonds is 9. The molecule has 0 aromatic heterocycles. The molecule has 1 rings (SSSR count). The SMILES string of the molecule is CC(C)COc1cc(C(=O)O)ccc1N(CCCl)CCCl. The second-order valence-corrected chi connectivity index (χ2v) is 5.81. The van der Waals surface area contributed by atoms with Crippen molar-refractivity contribution < 1.29 is 14.6 Å². The van der Waals surface area contributed by atoms with Crippen molar-refractivity contribution in [3.8, 4) is 5.75 Å². The third-order valence-corrected chi connectivity index (χ3v) is 3.17. The standard InChI is InChI=1S/C15H21Cl2NO3/c1-11(2)10-21-14-9-12(15(19)20)3-4-13(14)18(7-5-16)8-6-17/h3-4,9,11H,5-8,10H2,1-2H3,(H,19,20). The molecule has 4 nitrogen and oxygen atoms in total. The van der Waals surface area contributed by atoms with Crippen molar-refractivity contribution in [1.29, 1.82) is 0 Å². The quantitative estimate of drug-likeness (QED) is 0.700. The van der Waals surface area contributed by atoms with Gasteiger partial charge in [-0.2, -0.15) is 0 Å². The molecule has 21 heavy (non-hydrogen) atoms. The van der Waals surface area contributed by atoms with Crippen molar-refractivity contribution in [1.82, 2.24) is 0 Å². The van der Waals surface area contributed by atoms with E-state index in [9.17, 15) is 4.79 Å². The molecule has 0 fully saturated rings. The van der Waals surface area contributed by atoms with Crippen molar-refractivity contribution in [3.63, 3.8) is 0 Å². The minimum absolute atomic E-state index is 0.203. The van der Waals surface area contributed by atoms with Gasteiger partial charge in [-0.25, -0.2) is 4.79 Å². The van der Waals surface area contributed by atoms with Crippen LogP contribution in [-0.4, -0.2) is 42.5 Å². The maximum Gasteiger partial charge on any atom is 0.335 e. The van der Waals surface area contributed by atoms with Crippen molar-refractivity contribution in [2.45, 2.75) is 13.8 Å². The summed E-state index contributed by atoms with van der Waals surface area (Å²) in [6, 6.07) is 4.86. The molecular formula is C15H21Cl2NO3. The Labute approximate surface area is 135 Å². The summed E-state index contributed by atoms with van der Waals surface area (Å²) in [7, 11) is 0. The number of hydrogen-bond donors (Lipinski definition) is 1. The molecule has 6 heteroatoms. The highest BCUT2D eigenvalue weighted by atomic mass is 35.5. The van der Waals surface area contributed by atoms with Crippen LogP contribution in [-0.2, 0) is 0 Å². The molecule has 0 spiro atoms. The lowest BCUT2D eigenvalue weighted by Crippen LogP contribution is -2.28. The third kappa shape index (κ3) is 5.64. The molecule has 1 aromatic carbocycles. The van der Waals surface area contributed by atoms with Crippen molar-refractivity contribution in [2.24, 2.45) is 5.92 Å². The van der Waals surface area contributed by atoms with Crippen LogP contribution in [0.2, 0.25) is 0 Å². The first-order valence-corrected chi connectivity index (χ1v) is 7.93. The van der Waals surface area contributed by atoms with Crippen LogP contribution in [0.5, 0.6) is 5.75 Å². The zero-order valence-corrected chi connectivity index (χ0v) is 13.8. The number of carboxylic acids is 1. The Balaban J connectivity index is 3.11. The van der Waals surface area contributed by atoms with Gasteiger partial charge in [-0.1, -0.05) is 13.8 Å². The van der Waals surface area contributed by atoms with Crippen LogP contribution >= 0.6 is 23.2 Å². The smallest absolute Gasteiger partial charge is 0.335 e. The molecule has 0 saturated carbocycles. The molecule has 1 aromatic rings. The number of aromatic carboxylic acids is 1. The second kappa shape index (κ2) is 9.00. The van der Waals surface area contributed by atoms with E-state index in [1.165, 1.54) is 0 Å². The van der Waals surface area contributed by atoms with Crippen LogP contribution in [0.15, 0.2) is 18.2 Å². The maximum absolute atomic E-state index is 11.1. The van der Waals surface area contributed by atoms with Crippen LogP contribution in [0, 0.1) is 5.92 Å². The molecule has 0 heterocycles. The Kier molecular flexibility index (Phi) is 7.68. The predicted molar refractivity (Wildman–Crippen MR) is 87.4 cm³/mol. The molecule has 0 bridgehead atoms. The summed E-state index contributed by atoms with van der Waals surface area (Å²) in [6.07, 6.45) is 0. The Bertz CT molecular complexity index is 460. The van der Waals surface area contributed by atoms with E-state index in [1.807, 2.05) is 18.7 Å². The number of anilines is 1. The molecule has 0 atom stereocenters. The minimum Gasteiger partial charge on any atom is -0.491 e. The number of nitrogens with zero attached hydrogens (tertiary/aromatic N) is 1. The van der Waals surface area contributed by atoms with Gasteiger partial charge in [0.05, 0.1) is 17.9 Å². The lowest BCUT2D eigenvalue weighted by molar-refractivity contribution is 0.0696. The van der Waals surface area contributed by atoms with E-state index in [-0.39, 0.29) is 5.56 Å². The summed E-state index contributed by atoms with van der Waals surface area (Å²) in [5, 5.41) is 9.11. The summed E-state index contributed by atoms with van der Waals surface area (Å²) in [5.41, 5.74) is 1.02. The Hall–Kier alpha value is -1.13. The Morgan fingerprint density at radius 3 is 2.38 bits per heavy atom. The first kappa shape index (κ1) is 17.9. The van der Waals surface area contributed by atoms with Crippen molar-refractivity contribution in [2.75, 3.05) is 36.4 Å². The number of alkyl halides is 2. The van der Waals surface area contributed by atoms with Gasteiger partial charge in [-0.15, -0.1) is 23.2 Å². The average Bonchev–Trinajstić information content (AvgIpc) is 2.44. The zero-order chi connectivity index (χ0) is 15.8. The lowest BCUT2D eigenvalue weighted by atomic mass is 10.1. The fraction of sp³-hybridized carbons (Fsp3) is 0.533. The van der Waals surface area contributed by atoms with E-state index in [0.717, 1.165) is 5.69 Å². The number of ether oxygens (including phenoxy) is 1. The molecule has 1 N–H and O–H groups in total. The molecule has 0 aliphatic heterocycles. The summed E-state index contributed by atoms with van der Waals surface area (Å²) in [5.74, 6) is 0.847. The summed E-state index contributed by atoms with van der Waals surface area (Å²) in [6.45, 7) is 5.84. The lowest BCUT2D eigenvalue weighted by Gasteiger charge is -2.26. The third-order valence-electron chi connectivity index (χ3n) is 2.83. The van der Waals surface area contributed by atoms with Crippen LogP contribution < -0.4 is 9.64 Å². The highest BCUT2D eigenvalue weighted by Crippen LogP contribution is 2.30. The van der Waals surface area contributed by atoms with E-state index in [1.54, 1.807) is 18.2 Å². The minimum atomic E-state index is -0.975. The zero-order valence-electron chi connectivity index (χ0n) is 12.3. The van der Waals surface area contributed by atoms with E-state index in [2.05, 4.69) is 0 Å². The molecule has 0 unspecified atom stereocenters. The largest absolute Gasteiger partial charge is 0.491 e. The second-order valence-electron chi connectivity index (χ2n) is 5.06. The molecule has 0 aliphatic rings. The van der Waals surface area contributed by atoms with E-state index >= 15 is 0 Å². The van der Waals surface area contributed by atoms with Gasteiger partial charge in [0.1, 0.15) is 5.75 Å². The van der Waals surface area contributed by atoms with E-state index < -0.39 is 5.97 Å². The fourth-order valence-corrected chi connectivity index (χ4v) is 2.25. The van der Waals surface area contributed by atoms with Gasteiger partial charge in [-0.3, -0.25) is 0 Å². The number of halogens is 2. The number of carbonyl (C=O) groups is 1. The molecule has 0 amide bonds. The molecule has 0 aliphatic carbocycles. The van der Waals surface area contributed by atoms with Crippen molar-refractivity contribution >= 4 is 34.9 Å². The van der Waals surface area contributed by atoms with Crippen molar-refractivity contribution in [3.05, 3.63) is 23.8 Å². The predicted octanol–water partition coefficient (Wildman–Crippen LogP) is 3.70. The highest BCUT2D eigenvalue weighted by molar-refractivity contribution is 6.18. The Morgan fingerprint density at radius 1 is 1.29 bits per heavy atom. The van der Waals surface area contributed by atoms with Crippen LogP contribution in [0.25, 0.3) is 0 Å². The normalized spacial score (nSPS) is 10.7. The van der Waals surface area contributed by atoms with Gasteiger partial charge in [0.25, 0.3) is 0 Å². The topological polar surface area (TPSA) is 49.8 Å². The van der Waals surface area contributed by atoms with Gasteiger partial charge >= 0.3 is 5.97 Å². The fourth-order valence-electron chi connectivity index (χ4n) is 1.84. The van der Waals surface area contributed by atoms with Gasteiger partial charge in [0.2, 0.25) is 0 Å². The number of carboxylic acid groups (broad SMARTS) is 1. The highest BCUT2D eigenvalue weighted by Gasteiger charge is 2.15. The summed E-state index contributed by atoms with van der Waals surface area (Å²) in [4.78, 5) is 13.1. The van der Waals surface area contributed by atoms with E-state index in [0.29, 0.717) is 43.1 Å². The van der Waals surface area contributed by atoms with Gasteiger partial charge in [0.15, 0.2) is 0 Å². The summed E-state index contributed by atoms with van der Waals surface area (Å²) < 4.78 is 5.77. The van der Waals surface area contributed by atoms with Gasteiger partial charge < -0.3 is 14.7 Å². The molecular weight excluding hydrogens is 313 g/mol. The molecule has 118 valence electrons. The van der Waals surface area contributed by atoms with Crippen LogP contribution in [0.4, 0.5) is 5.69 Å². The first-order chi connectivity index (χ1) is 9.99. The number of benzene rings is 1. The molecule has 0 saturated heterocycles. The first-order valence-electron chi connectivity index (χ1n) is 6.86. The maximum atomic E-state index is 11.1. The van der Waals surface area contributed by atoms with Gasteiger partial charge in [-0.05, 0) is 24.1 Å². The summed E-state index contributed by atoms with van der Waals surface area (Å²) >= 11 is 11.6.